The quantitative estimate of drug-likeness (QED) is 0.634. The van der Waals surface area contributed by atoms with Gasteiger partial charge in [-0.2, -0.15) is 13.2 Å². The molecule has 0 aliphatic carbocycles. The molecular weight excluding hydrogens is 257 g/mol. The number of benzene rings is 1. The van der Waals surface area contributed by atoms with Crippen LogP contribution in [0.3, 0.4) is 0 Å². The van der Waals surface area contributed by atoms with E-state index in [1.807, 2.05) is 0 Å². The SMILES string of the molecule is O=c1cc(C(F)(F)F)[nH]c2c1ccc1cnccc12. The number of pyridine rings is 2. The molecule has 0 aliphatic rings. The molecule has 1 aromatic carbocycles. The highest BCUT2D eigenvalue weighted by Crippen LogP contribution is 2.29. The zero-order valence-electron chi connectivity index (χ0n) is 9.45. The third kappa shape index (κ3) is 1.85. The van der Waals surface area contributed by atoms with E-state index < -0.39 is 17.3 Å². The number of halogens is 3. The van der Waals surface area contributed by atoms with Crippen LogP contribution in [-0.2, 0) is 6.18 Å². The Morgan fingerprint density at radius 3 is 2.63 bits per heavy atom. The molecule has 3 rings (SSSR count). The maximum Gasteiger partial charge on any atom is 0.431 e. The number of hydrogen-bond donors (Lipinski definition) is 1. The van der Waals surface area contributed by atoms with Gasteiger partial charge in [-0.05, 0) is 12.1 Å². The number of aromatic nitrogens is 2. The van der Waals surface area contributed by atoms with Gasteiger partial charge in [0.1, 0.15) is 5.69 Å². The van der Waals surface area contributed by atoms with Crippen LogP contribution in [0.15, 0.2) is 41.5 Å². The van der Waals surface area contributed by atoms with Gasteiger partial charge in [0, 0.05) is 34.6 Å². The number of nitrogens with zero attached hydrogens (tertiary/aromatic N) is 1. The number of nitrogens with one attached hydrogen (secondary N) is 1. The number of alkyl halides is 3. The normalized spacial score (nSPS) is 12.2. The number of aromatic amines is 1. The Morgan fingerprint density at radius 2 is 1.89 bits per heavy atom. The first kappa shape index (κ1) is 11.7. The molecule has 3 aromatic rings. The van der Waals surface area contributed by atoms with Crippen molar-refractivity contribution in [3.8, 4) is 0 Å². The highest BCUT2D eigenvalue weighted by atomic mass is 19.4. The lowest BCUT2D eigenvalue weighted by atomic mass is 10.1. The molecule has 96 valence electrons. The van der Waals surface area contributed by atoms with Crippen molar-refractivity contribution in [3.63, 3.8) is 0 Å². The van der Waals surface area contributed by atoms with Crippen LogP contribution in [-0.4, -0.2) is 9.97 Å². The van der Waals surface area contributed by atoms with Crippen LogP contribution >= 0.6 is 0 Å². The smallest absolute Gasteiger partial charge is 0.350 e. The van der Waals surface area contributed by atoms with Gasteiger partial charge >= 0.3 is 6.18 Å². The van der Waals surface area contributed by atoms with Gasteiger partial charge in [-0.15, -0.1) is 0 Å². The summed E-state index contributed by atoms with van der Waals surface area (Å²) in [5.41, 5.74) is -1.52. The van der Waals surface area contributed by atoms with Gasteiger partial charge in [0.2, 0.25) is 0 Å². The zero-order chi connectivity index (χ0) is 13.6. The summed E-state index contributed by atoms with van der Waals surface area (Å²) in [6.07, 6.45) is -1.57. The summed E-state index contributed by atoms with van der Waals surface area (Å²) in [7, 11) is 0. The molecule has 6 heteroatoms. The molecule has 2 heterocycles. The first-order valence-electron chi connectivity index (χ1n) is 5.44. The minimum absolute atomic E-state index is 0.180. The Labute approximate surface area is 104 Å². The van der Waals surface area contributed by atoms with E-state index in [1.165, 1.54) is 18.5 Å². The topological polar surface area (TPSA) is 45.8 Å². The third-order valence-corrected chi connectivity index (χ3v) is 2.93. The predicted octanol–water partition coefficient (Wildman–Crippen LogP) is 3.10. The molecule has 0 radical (unpaired) electrons. The van der Waals surface area contributed by atoms with E-state index in [2.05, 4.69) is 9.97 Å². The minimum Gasteiger partial charge on any atom is -0.350 e. The highest BCUT2D eigenvalue weighted by Gasteiger charge is 2.32. The van der Waals surface area contributed by atoms with Crippen molar-refractivity contribution in [2.45, 2.75) is 6.18 Å². The van der Waals surface area contributed by atoms with Crippen molar-refractivity contribution >= 4 is 21.7 Å². The lowest BCUT2D eigenvalue weighted by Crippen LogP contribution is -2.13. The second-order valence-corrected chi connectivity index (χ2v) is 4.13. The monoisotopic (exact) mass is 264 g/mol. The van der Waals surface area contributed by atoms with Crippen LogP contribution in [0.25, 0.3) is 21.7 Å². The molecule has 0 atom stereocenters. The van der Waals surface area contributed by atoms with Gasteiger partial charge < -0.3 is 4.98 Å². The van der Waals surface area contributed by atoms with Crippen molar-refractivity contribution in [3.05, 3.63) is 52.6 Å². The number of H-pyrrole nitrogens is 1. The minimum atomic E-state index is -4.58. The van der Waals surface area contributed by atoms with Crippen molar-refractivity contribution in [1.82, 2.24) is 9.97 Å². The van der Waals surface area contributed by atoms with Gasteiger partial charge in [0.15, 0.2) is 5.43 Å². The van der Waals surface area contributed by atoms with Crippen molar-refractivity contribution in [1.29, 1.82) is 0 Å². The Hall–Kier alpha value is -2.37. The van der Waals surface area contributed by atoms with Crippen LogP contribution in [0, 0.1) is 0 Å². The molecule has 0 spiro atoms. The van der Waals surface area contributed by atoms with E-state index in [4.69, 9.17) is 0 Å². The number of rotatable bonds is 0. The van der Waals surface area contributed by atoms with Gasteiger partial charge in [-0.25, -0.2) is 0 Å². The number of fused-ring (bicyclic) bond motifs is 3. The van der Waals surface area contributed by atoms with E-state index in [1.54, 1.807) is 12.1 Å². The third-order valence-electron chi connectivity index (χ3n) is 2.93. The van der Waals surface area contributed by atoms with Crippen molar-refractivity contribution in [2.75, 3.05) is 0 Å². The van der Waals surface area contributed by atoms with Crippen LogP contribution < -0.4 is 5.43 Å². The van der Waals surface area contributed by atoms with Gasteiger partial charge in [0.05, 0.1) is 5.52 Å². The standard InChI is InChI=1S/C13H7F3N2O/c14-13(15,16)11-5-10(19)9-2-1-7-6-17-4-3-8(7)12(9)18-11/h1-6H,(H,18,19). The second kappa shape index (κ2) is 3.81. The highest BCUT2D eigenvalue weighted by molar-refractivity contribution is 6.04. The van der Waals surface area contributed by atoms with E-state index >= 15 is 0 Å². The average Bonchev–Trinajstić information content (AvgIpc) is 2.37. The Kier molecular flexibility index (Phi) is 2.35. The first-order chi connectivity index (χ1) is 8.97. The molecule has 2 aromatic heterocycles. The maximum atomic E-state index is 12.7. The Morgan fingerprint density at radius 1 is 1.11 bits per heavy atom. The van der Waals surface area contributed by atoms with Gasteiger partial charge in [-0.3, -0.25) is 9.78 Å². The van der Waals surface area contributed by atoms with E-state index in [0.717, 1.165) is 0 Å². The summed E-state index contributed by atoms with van der Waals surface area (Å²) in [4.78, 5) is 18.0. The molecule has 0 aliphatic heterocycles. The molecule has 0 saturated carbocycles. The fourth-order valence-electron chi connectivity index (χ4n) is 2.04. The van der Waals surface area contributed by atoms with E-state index in [-0.39, 0.29) is 10.9 Å². The Bertz CT molecular complexity index is 837. The number of hydrogen-bond acceptors (Lipinski definition) is 2. The molecule has 3 nitrogen and oxygen atoms in total. The van der Waals surface area contributed by atoms with Crippen molar-refractivity contribution < 1.29 is 13.2 Å². The summed E-state index contributed by atoms with van der Waals surface area (Å²) < 4.78 is 38.1. The van der Waals surface area contributed by atoms with Crippen LogP contribution in [0.1, 0.15) is 5.69 Å². The summed E-state index contributed by atoms with van der Waals surface area (Å²) >= 11 is 0. The van der Waals surface area contributed by atoms with Gasteiger partial charge in [-0.1, -0.05) is 6.07 Å². The maximum absolute atomic E-state index is 12.7. The molecule has 0 fully saturated rings. The second-order valence-electron chi connectivity index (χ2n) is 4.13. The largest absolute Gasteiger partial charge is 0.431 e. The lowest BCUT2D eigenvalue weighted by molar-refractivity contribution is -0.141. The van der Waals surface area contributed by atoms with Crippen LogP contribution in [0.4, 0.5) is 13.2 Å². The zero-order valence-corrected chi connectivity index (χ0v) is 9.45. The molecular formula is C13H7F3N2O. The fraction of sp³-hybridized carbons (Fsp3) is 0.0769. The summed E-state index contributed by atoms with van der Waals surface area (Å²) in [6.45, 7) is 0. The summed E-state index contributed by atoms with van der Waals surface area (Å²) in [5, 5.41) is 1.44. The summed E-state index contributed by atoms with van der Waals surface area (Å²) in [6, 6.07) is 5.31. The molecule has 0 amide bonds. The predicted molar refractivity (Wildman–Crippen MR) is 64.9 cm³/mol. The summed E-state index contributed by atoms with van der Waals surface area (Å²) in [5.74, 6) is 0. The van der Waals surface area contributed by atoms with E-state index in [0.29, 0.717) is 16.8 Å². The molecule has 1 N–H and O–H groups in total. The van der Waals surface area contributed by atoms with Crippen LogP contribution in [0.5, 0.6) is 0 Å². The lowest BCUT2D eigenvalue weighted by Gasteiger charge is -2.09. The fourth-order valence-corrected chi connectivity index (χ4v) is 2.04. The Balaban J connectivity index is 2.51. The van der Waals surface area contributed by atoms with Crippen LogP contribution in [0.2, 0.25) is 0 Å². The van der Waals surface area contributed by atoms with E-state index in [9.17, 15) is 18.0 Å². The molecule has 0 saturated heterocycles. The average molecular weight is 264 g/mol. The molecule has 0 unspecified atom stereocenters. The van der Waals surface area contributed by atoms with Crippen molar-refractivity contribution in [2.24, 2.45) is 0 Å². The first-order valence-corrected chi connectivity index (χ1v) is 5.44. The molecule has 0 bridgehead atoms. The molecule has 19 heavy (non-hydrogen) atoms. The van der Waals surface area contributed by atoms with Gasteiger partial charge in [0.25, 0.3) is 0 Å².